The molecule has 0 aliphatic carbocycles. The van der Waals surface area contributed by atoms with Gasteiger partial charge in [-0.1, -0.05) is 0 Å². The van der Waals surface area contributed by atoms with E-state index < -0.39 is 0 Å². The van der Waals surface area contributed by atoms with Crippen molar-refractivity contribution < 1.29 is 4.74 Å². The third kappa shape index (κ3) is 3.17. The van der Waals surface area contributed by atoms with Gasteiger partial charge in [0.25, 0.3) is 0 Å². The second-order valence-corrected chi connectivity index (χ2v) is 4.11. The van der Waals surface area contributed by atoms with Gasteiger partial charge in [-0.3, -0.25) is 0 Å². The van der Waals surface area contributed by atoms with Gasteiger partial charge in [0.05, 0.1) is 0 Å². The Morgan fingerprint density at radius 1 is 1.50 bits per heavy atom. The van der Waals surface area contributed by atoms with E-state index in [4.69, 9.17) is 4.74 Å². The molecule has 0 aromatic rings. The van der Waals surface area contributed by atoms with Gasteiger partial charge in [-0.25, -0.2) is 0 Å². The number of thiol groups is 1. The van der Waals surface area contributed by atoms with Crippen LogP contribution in [0.5, 0.6) is 0 Å². The Bertz CT molecular complexity index is 81.7. The van der Waals surface area contributed by atoms with Gasteiger partial charge in [0.1, 0.15) is 5.44 Å². The number of thioether (sulfide) groups is 1. The molecule has 1 atom stereocenters. The fourth-order valence-corrected chi connectivity index (χ4v) is 2.24. The summed E-state index contributed by atoms with van der Waals surface area (Å²) in [5, 5.41) is 0. The lowest BCUT2D eigenvalue weighted by atomic mass is 10.2. The van der Waals surface area contributed by atoms with Gasteiger partial charge in [-0.05, 0) is 25.0 Å². The van der Waals surface area contributed by atoms with Crippen LogP contribution in [-0.4, -0.2) is 23.5 Å². The van der Waals surface area contributed by atoms with Crippen molar-refractivity contribution >= 4 is 24.4 Å². The topological polar surface area (TPSA) is 9.23 Å². The van der Waals surface area contributed by atoms with E-state index in [1.807, 2.05) is 11.8 Å². The van der Waals surface area contributed by atoms with Gasteiger partial charge in [0.15, 0.2) is 0 Å². The van der Waals surface area contributed by atoms with Gasteiger partial charge in [-0.15, -0.1) is 11.8 Å². The summed E-state index contributed by atoms with van der Waals surface area (Å²) in [5.74, 6) is 2.08. The lowest BCUT2D eigenvalue weighted by Gasteiger charge is -2.21. The third-order valence-electron chi connectivity index (χ3n) is 1.53. The maximum absolute atomic E-state index is 5.51. The van der Waals surface area contributed by atoms with Crippen LogP contribution in [0.1, 0.15) is 19.3 Å². The summed E-state index contributed by atoms with van der Waals surface area (Å²) in [6, 6.07) is 0. The summed E-state index contributed by atoms with van der Waals surface area (Å²) >= 11 is 6.04. The highest BCUT2D eigenvalue weighted by atomic mass is 32.2. The fourth-order valence-electron chi connectivity index (χ4n) is 1.03. The predicted octanol–water partition coefficient (Wildman–Crippen LogP) is 2.18. The lowest BCUT2D eigenvalue weighted by Crippen LogP contribution is -2.15. The molecule has 0 N–H and O–H groups in total. The highest BCUT2D eigenvalue weighted by Gasteiger charge is 2.12. The highest BCUT2D eigenvalue weighted by Crippen LogP contribution is 2.22. The van der Waals surface area contributed by atoms with E-state index >= 15 is 0 Å². The minimum atomic E-state index is 0.473. The Balaban J connectivity index is 2.02. The van der Waals surface area contributed by atoms with E-state index in [2.05, 4.69) is 12.6 Å². The molecule has 0 amide bonds. The largest absolute Gasteiger partial charge is 0.368 e. The van der Waals surface area contributed by atoms with Crippen LogP contribution in [0.3, 0.4) is 0 Å². The summed E-state index contributed by atoms with van der Waals surface area (Å²) in [4.78, 5) is 0. The number of hydrogen-bond donors (Lipinski definition) is 1. The minimum Gasteiger partial charge on any atom is -0.368 e. The molecule has 0 aromatic carbocycles. The molecule has 1 rings (SSSR count). The molecule has 1 aliphatic rings. The number of hydrogen-bond acceptors (Lipinski definition) is 3. The first-order valence-electron chi connectivity index (χ1n) is 3.77. The Morgan fingerprint density at radius 2 is 2.40 bits per heavy atom. The average molecular weight is 178 g/mol. The van der Waals surface area contributed by atoms with E-state index in [1.165, 1.54) is 19.3 Å². The number of ether oxygens (including phenoxy) is 1. The maximum atomic E-state index is 5.51. The molecule has 1 fully saturated rings. The van der Waals surface area contributed by atoms with Crippen LogP contribution in [-0.2, 0) is 4.74 Å². The molecule has 0 aromatic heterocycles. The average Bonchev–Trinajstić information content (AvgIpc) is 2.03. The first kappa shape index (κ1) is 8.75. The van der Waals surface area contributed by atoms with Crippen molar-refractivity contribution in [3.8, 4) is 0 Å². The van der Waals surface area contributed by atoms with Crippen LogP contribution in [0.15, 0.2) is 0 Å². The first-order chi connectivity index (χ1) is 4.93. The molecule has 0 bridgehead atoms. The molecule has 1 nitrogen and oxygen atoms in total. The molecular formula is C7H14OS2. The summed E-state index contributed by atoms with van der Waals surface area (Å²) in [6.07, 6.45) is 3.82. The Kier molecular flexibility index (Phi) is 4.66. The maximum Gasteiger partial charge on any atom is 0.103 e. The first-order valence-corrected chi connectivity index (χ1v) is 5.45. The molecular weight excluding hydrogens is 164 g/mol. The van der Waals surface area contributed by atoms with Crippen LogP contribution in [0.25, 0.3) is 0 Å². The van der Waals surface area contributed by atoms with Crippen LogP contribution < -0.4 is 0 Å². The quantitative estimate of drug-likeness (QED) is 0.663. The van der Waals surface area contributed by atoms with Crippen LogP contribution >= 0.6 is 24.4 Å². The van der Waals surface area contributed by atoms with Crippen molar-refractivity contribution in [3.63, 3.8) is 0 Å². The second-order valence-electron chi connectivity index (χ2n) is 2.39. The predicted molar refractivity (Wildman–Crippen MR) is 49.9 cm³/mol. The van der Waals surface area contributed by atoms with Crippen molar-refractivity contribution in [3.05, 3.63) is 0 Å². The molecule has 1 aliphatic heterocycles. The Morgan fingerprint density at radius 3 is 3.00 bits per heavy atom. The second kappa shape index (κ2) is 5.33. The van der Waals surface area contributed by atoms with Crippen molar-refractivity contribution in [2.24, 2.45) is 0 Å². The van der Waals surface area contributed by atoms with Crippen molar-refractivity contribution in [1.29, 1.82) is 0 Å². The van der Waals surface area contributed by atoms with Gasteiger partial charge in [-0.2, -0.15) is 12.6 Å². The third-order valence-corrected chi connectivity index (χ3v) is 3.24. The molecule has 1 heterocycles. The van der Waals surface area contributed by atoms with Gasteiger partial charge in [0.2, 0.25) is 0 Å². The van der Waals surface area contributed by atoms with Crippen LogP contribution in [0, 0.1) is 0 Å². The van der Waals surface area contributed by atoms with Gasteiger partial charge < -0.3 is 4.74 Å². The molecule has 60 valence electrons. The monoisotopic (exact) mass is 178 g/mol. The summed E-state index contributed by atoms with van der Waals surface area (Å²) < 4.78 is 5.51. The van der Waals surface area contributed by atoms with Gasteiger partial charge in [0, 0.05) is 12.4 Å². The molecule has 10 heavy (non-hydrogen) atoms. The van der Waals surface area contributed by atoms with Crippen LogP contribution in [0.4, 0.5) is 0 Å². The minimum absolute atomic E-state index is 0.473. The fraction of sp³-hybridized carbons (Fsp3) is 1.00. The zero-order valence-corrected chi connectivity index (χ0v) is 7.79. The van der Waals surface area contributed by atoms with Crippen molar-refractivity contribution in [1.82, 2.24) is 0 Å². The van der Waals surface area contributed by atoms with Gasteiger partial charge >= 0.3 is 0 Å². The van der Waals surface area contributed by atoms with E-state index in [0.29, 0.717) is 5.44 Å². The zero-order valence-electron chi connectivity index (χ0n) is 6.08. The molecule has 1 saturated heterocycles. The van der Waals surface area contributed by atoms with Crippen LogP contribution in [0.2, 0.25) is 0 Å². The molecule has 1 unspecified atom stereocenters. The molecule has 0 radical (unpaired) electrons. The number of rotatable bonds is 3. The Hall–Kier alpha value is 0.660. The SMILES string of the molecule is SCCSC1CCCCO1. The summed E-state index contributed by atoms with van der Waals surface area (Å²) in [5.41, 5.74) is 0.473. The standard InChI is InChI=1S/C7H14OS2/c9-5-6-10-7-3-1-2-4-8-7/h7,9H,1-6H2. The van der Waals surface area contributed by atoms with E-state index in [9.17, 15) is 0 Å². The smallest absolute Gasteiger partial charge is 0.103 e. The van der Waals surface area contributed by atoms with E-state index in [1.54, 1.807) is 0 Å². The van der Waals surface area contributed by atoms with Crippen molar-refractivity contribution in [2.75, 3.05) is 18.1 Å². The zero-order chi connectivity index (χ0) is 7.23. The summed E-state index contributed by atoms with van der Waals surface area (Å²) in [6.45, 7) is 0.963. The van der Waals surface area contributed by atoms with Crippen molar-refractivity contribution in [2.45, 2.75) is 24.7 Å². The van der Waals surface area contributed by atoms with E-state index in [0.717, 1.165) is 18.1 Å². The molecule has 0 spiro atoms. The highest BCUT2D eigenvalue weighted by molar-refractivity contribution is 8.00. The summed E-state index contributed by atoms with van der Waals surface area (Å²) in [7, 11) is 0. The Labute approximate surface area is 72.3 Å². The molecule has 0 saturated carbocycles. The molecule has 3 heteroatoms. The lowest BCUT2D eigenvalue weighted by molar-refractivity contribution is 0.0729. The normalized spacial score (nSPS) is 26.7. The van der Waals surface area contributed by atoms with E-state index in [-0.39, 0.29) is 0 Å².